The van der Waals surface area contributed by atoms with Gasteiger partial charge in [-0.1, -0.05) is 30.0 Å². The van der Waals surface area contributed by atoms with Crippen LogP contribution in [0, 0.1) is 5.82 Å². The predicted octanol–water partition coefficient (Wildman–Crippen LogP) is 6.23. The van der Waals surface area contributed by atoms with E-state index < -0.39 is 18.3 Å². The van der Waals surface area contributed by atoms with Crippen molar-refractivity contribution in [3.05, 3.63) is 89.2 Å². The smallest absolute Gasteiger partial charge is 0.251 e. The third kappa shape index (κ3) is 4.99. The number of hydrogen-bond acceptors (Lipinski definition) is 3. The summed E-state index contributed by atoms with van der Waals surface area (Å²) in [7, 11) is 0. The van der Waals surface area contributed by atoms with Gasteiger partial charge in [-0.15, -0.1) is 0 Å². The standard InChI is InChI=1S/C24H19F3N2OS/c1-24(26,27)12-13-28-23(30)16-8-11-21-19(14-16)29-22(15-6-9-17(25)10-7-15)18-4-2-3-5-20(18)31-21/h2-11,14H,12-13H2,1H3,(H,28,30). The molecule has 0 unspecified atom stereocenters. The summed E-state index contributed by atoms with van der Waals surface area (Å²) < 4.78 is 39.5. The van der Waals surface area contributed by atoms with Gasteiger partial charge in [0, 0.05) is 39.4 Å². The summed E-state index contributed by atoms with van der Waals surface area (Å²) in [4.78, 5) is 19.1. The SMILES string of the molecule is CC(F)(F)CCNC(=O)c1ccc2c(c1)N=C(c1ccc(F)cc1)c1ccccc1S2. The lowest BCUT2D eigenvalue weighted by molar-refractivity contribution is 0.0137. The molecule has 0 bridgehead atoms. The molecular formula is C24H19F3N2OS. The van der Waals surface area contributed by atoms with Gasteiger partial charge in [-0.05, 0) is 55.5 Å². The van der Waals surface area contributed by atoms with Gasteiger partial charge in [0.1, 0.15) is 5.82 Å². The van der Waals surface area contributed by atoms with Gasteiger partial charge in [0.05, 0.1) is 11.4 Å². The molecule has 0 radical (unpaired) electrons. The van der Waals surface area contributed by atoms with Crippen molar-refractivity contribution in [2.75, 3.05) is 6.54 Å². The lowest BCUT2D eigenvalue weighted by Gasteiger charge is -2.11. The van der Waals surface area contributed by atoms with Crippen molar-refractivity contribution in [2.45, 2.75) is 29.1 Å². The first-order valence-electron chi connectivity index (χ1n) is 9.72. The van der Waals surface area contributed by atoms with Gasteiger partial charge in [0.2, 0.25) is 5.92 Å². The Bertz CT molecular complexity index is 1150. The second-order valence-electron chi connectivity index (χ2n) is 7.32. The number of halogens is 3. The predicted molar refractivity (Wildman–Crippen MR) is 116 cm³/mol. The van der Waals surface area contributed by atoms with Crippen LogP contribution in [0.3, 0.4) is 0 Å². The van der Waals surface area contributed by atoms with E-state index in [4.69, 9.17) is 4.99 Å². The van der Waals surface area contributed by atoms with E-state index >= 15 is 0 Å². The van der Waals surface area contributed by atoms with Gasteiger partial charge in [0.15, 0.2) is 0 Å². The van der Waals surface area contributed by atoms with Gasteiger partial charge in [-0.25, -0.2) is 18.2 Å². The van der Waals surface area contributed by atoms with E-state index in [1.165, 1.54) is 23.9 Å². The van der Waals surface area contributed by atoms with E-state index in [1.807, 2.05) is 24.3 Å². The number of alkyl halides is 2. The third-order valence-electron chi connectivity index (χ3n) is 4.78. The first kappa shape index (κ1) is 21.2. The van der Waals surface area contributed by atoms with E-state index in [-0.39, 0.29) is 12.4 Å². The van der Waals surface area contributed by atoms with E-state index in [9.17, 15) is 18.0 Å². The van der Waals surface area contributed by atoms with Crippen molar-refractivity contribution in [1.29, 1.82) is 0 Å². The molecule has 0 aromatic heterocycles. The van der Waals surface area contributed by atoms with Crippen LogP contribution in [0.1, 0.15) is 34.8 Å². The molecule has 0 spiro atoms. The molecule has 0 saturated carbocycles. The highest BCUT2D eigenvalue weighted by Gasteiger charge is 2.22. The number of carbonyl (C=O) groups is 1. The number of hydrogen-bond donors (Lipinski definition) is 1. The van der Waals surface area contributed by atoms with Crippen LogP contribution < -0.4 is 5.32 Å². The van der Waals surface area contributed by atoms with Crippen LogP contribution in [0.15, 0.2) is 81.5 Å². The van der Waals surface area contributed by atoms with E-state index in [0.29, 0.717) is 17.0 Å². The average molecular weight is 440 g/mol. The molecule has 1 amide bonds. The number of benzene rings is 3. The Labute approximate surface area is 182 Å². The molecule has 3 aromatic carbocycles. The Balaban J connectivity index is 1.71. The molecular weight excluding hydrogens is 421 g/mol. The molecule has 7 heteroatoms. The number of nitrogens with one attached hydrogen (secondary N) is 1. The van der Waals surface area contributed by atoms with Crippen LogP contribution in [0.2, 0.25) is 0 Å². The third-order valence-corrected chi connectivity index (χ3v) is 5.92. The number of aliphatic imine (C=N–C) groups is 1. The van der Waals surface area contributed by atoms with Gasteiger partial charge >= 0.3 is 0 Å². The van der Waals surface area contributed by atoms with Gasteiger partial charge in [-0.3, -0.25) is 4.79 Å². The molecule has 0 aliphatic carbocycles. The highest BCUT2D eigenvalue weighted by molar-refractivity contribution is 7.99. The summed E-state index contributed by atoms with van der Waals surface area (Å²) in [5.74, 6) is -3.60. The number of amides is 1. The molecule has 1 aliphatic rings. The molecule has 1 aliphatic heterocycles. The Kier molecular flexibility index (Phi) is 5.87. The number of fused-ring (bicyclic) bond motifs is 2. The lowest BCUT2D eigenvalue weighted by Crippen LogP contribution is -2.28. The van der Waals surface area contributed by atoms with Crippen LogP contribution >= 0.6 is 11.8 Å². The molecule has 158 valence electrons. The maximum atomic E-state index is 13.5. The average Bonchev–Trinajstić information content (AvgIpc) is 2.89. The number of nitrogens with zero attached hydrogens (tertiary/aromatic N) is 1. The minimum absolute atomic E-state index is 0.121. The van der Waals surface area contributed by atoms with Crippen molar-refractivity contribution in [3.63, 3.8) is 0 Å². The molecule has 4 rings (SSSR count). The minimum Gasteiger partial charge on any atom is -0.352 e. The molecule has 0 fully saturated rings. The van der Waals surface area contributed by atoms with Crippen molar-refractivity contribution in [1.82, 2.24) is 5.32 Å². The fourth-order valence-corrected chi connectivity index (χ4v) is 4.21. The normalized spacial score (nSPS) is 13.0. The van der Waals surface area contributed by atoms with Crippen molar-refractivity contribution in [3.8, 4) is 0 Å². The first-order valence-corrected chi connectivity index (χ1v) is 10.5. The molecule has 1 heterocycles. The van der Waals surface area contributed by atoms with Gasteiger partial charge in [0.25, 0.3) is 5.91 Å². The van der Waals surface area contributed by atoms with Crippen LogP contribution in [0.5, 0.6) is 0 Å². The highest BCUT2D eigenvalue weighted by atomic mass is 32.2. The Morgan fingerprint density at radius 2 is 1.77 bits per heavy atom. The summed E-state index contributed by atoms with van der Waals surface area (Å²) in [6, 6.07) is 19.0. The fraction of sp³-hybridized carbons (Fsp3) is 0.167. The molecule has 1 N–H and O–H groups in total. The van der Waals surface area contributed by atoms with Crippen LogP contribution in [-0.4, -0.2) is 24.1 Å². The molecule has 3 aromatic rings. The van der Waals surface area contributed by atoms with Crippen LogP contribution in [0.4, 0.5) is 18.9 Å². The van der Waals surface area contributed by atoms with Crippen LogP contribution in [-0.2, 0) is 0 Å². The second-order valence-corrected chi connectivity index (χ2v) is 8.41. The van der Waals surface area contributed by atoms with Crippen molar-refractivity contribution in [2.24, 2.45) is 4.99 Å². The zero-order chi connectivity index (χ0) is 22.0. The quantitative estimate of drug-likeness (QED) is 0.399. The monoisotopic (exact) mass is 440 g/mol. The number of carbonyl (C=O) groups excluding carboxylic acids is 1. The minimum atomic E-state index is -2.84. The van der Waals surface area contributed by atoms with Crippen LogP contribution in [0.25, 0.3) is 0 Å². The maximum absolute atomic E-state index is 13.5. The highest BCUT2D eigenvalue weighted by Crippen LogP contribution is 2.41. The largest absolute Gasteiger partial charge is 0.352 e. The van der Waals surface area contributed by atoms with Crippen molar-refractivity contribution >= 4 is 29.1 Å². The fourth-order valence-electron chi connectivity index (χ4n) is 3.21. The van der Waals surface area contributed by atoms with E-state index in [1.54, 1.807) is 30.3 Å². The summed E-state index contributed by atoms with van der Waals surface area (Å²) in [6.07, 6.45) is -0.429. The summed E-state index contributed by atoms with van der Waals surface area (Å²) in [5.41, 5.74) is 3.26. The zero-order valence-corrected chi connectivity index (χ0v) is 17.5. The molecule has 0 atom stereocenters. The Morgan fingerprint density at radius 3 is 2.52 bits per heavy atom. The summed E-state index contributed by atoms with van der Waals surface area (Å²) in [6.45, 7) is 0.700. The summed E-state index contributed by atoms with van der Waals surface area (Å²) in [5, 5.41) is 2.53. The molecule has 0 saturated heterocycles. The van der Waals surface area contributed by atoms with Crippen molar-refractivity contribution < 1.29 is 18.0 Å². The second kappa shape index (κ2) is 8.59. The molecule has 31 heavy (non-hydrogen) atoms. The van der Waals surface area contributed by atoms with Gasteiger partial charge < -0.3 is 5.32 Å². The topological polar surface area (TPSA) is 41.5 Å². The zero-order valence-electron chi connectivity index (χ0n) is 16.7. The van der Waals surface area contributed by atoms with E-state index in [0.717, 1.165) is 27.8 Å². The Morgan fingerprint density at radius 1 is 1.03 bits per heavy atom. The Hall–Kier alpha value is -3.06. The lowest BCUT2D eigenvalue weighted by atomic mass is 10.0. The molecule has 3 nitrogen and oxygen atoms in total. The first-order chi connectivity index (χ1) is 14.8. The number of rotatable bonds is 5. The summed E-state index contributed by atoms with van der Waals surface area (Å²) >= 11 is 1.53. The van der Waals surface area contributed by atoms with Gasteiger partial charge in [-0.2, -0.15) is 0 Å². The maximum Gasteiger partial charge on any atom is 0.251 e. The van der Waals surface area contributed by atoms with E-state index in [2.05, 4.69) is 5.32 Å².